The van der Waals surface area contributed by atoms with Crippen LogP contribution in [0.1, 0.15) is 18.4 Å². The summed E-state index contributed by atoms with van der Waals surface area (Å²) in [4.78, 5) is 0. The fourth-order valence-corrected chi connectivity index (χ4v) is 3.22. The highest BCUT2D eigenvalue weighted by atomic mass is 79.9. The van der Waals surface area contributed by atoms with Gasteiger partial charge in [-0.1, -0.05) is 5.16 Å². The fourth-order valence-electron chi connectivity index (χ4n) is 1.41. The summed E-state index contributed by atoms with van der Waals surface area (Å²) in [5.74, 6) is -0.0498. The number of benzene rings is 1. The van der Waals surface area contributed by atoms with Gasteiger partial charge in [-0.05, 0) is 47.0 Å². The lowest BCUT2D eigenvalue weighted by Crippen LogP contribution is -2.31. The van der Waals surface area contributed by atoms with Crippen LogP contribution in [0.3, 0.4) is 0 Å². The molecule has 1 saturated carbocycles. The van der Waals surface area contributed by atoms with Gasteiger partial charge >= 0.3 is 0 Å². The highest BCUT2D eigenvalue weighted by Crippen LogP contribution is 2.25. The summed E-state index contributed by atoms with van der Waals surface area (Å²) >= 11 is 3.23. The van der Waals surface area contributed by atoms with E-state index in [9.17, 15) is 8.42 Å². The molecule has 1 aromatic carbocycles. The predicted octanol–water partition coefficient (Wildman–Crippen LogP) is 0.952. The van der Waals surface area contributed by atoms with Crippen molar-refractivity contribution in [2.75, 3.05) is 4.72 Å². The number of nitrogens with one attached hydrogen (secondary N) is 2. The summed E-state index contributed by atoms with van der Waals surface area (Å²) in [5.41, 5.74) is 6.30. The summed E-state index contributed by atoms with van der Waals surface area (Å²) in [6, 6.07) is 4.68. The zero-order valence-corrected chi connectivity index (χ0v) is 12.2. The minimum atomic E-state index is -3.57. The third-order valence-corrected chi connectivity index (χ3v) is 4.30. The topological polar surface area (TPSA) is 117 Å². The average molecular weight is 349 g/mol. The fraction of sp³-hybridized carbons (Fsp3) is 0.300. The van der Waals surface area contributed by atoms with Crippen LogP contribution < -0.4 is 15.2 Å². The van der Waals surface area contributed by atoms with Crippen molar-refractivity contribution >= 4 is 37.7 Å². The lowest BCUT2D eigenvalue weighted by molar-refractivity contribution is 0.318. The summed E-state index contributed by atoms with van der Waals surface area (Å²) in [6.45, 7) is 0. The molecule has 0 aromatic heterocycles. The van der Waals surface area contributed by atoms with E-state index in [0.717, 1.165) is 12.8 Å². The number of oxime groups is 1. The van der Waals surface area contributed by atoms with Crippen molar-refractivity contribution in [3.05, 3.63) is 28.2 Å². The van der Waals surface area contributed by atoms with Crippen LogP contribution in [0.2, 0.25) is 0 Å². The molecule has 1 aliphatic rings. The van der Waals surface area contributed by atoms with Gasteiger partial charge in [0.1, 0.15) is 0 Å². The molecule has 0 saturated heterocycles. The maximum Gasteiger partial charge on any atom is 0.299 e. The molecule has 0 spiro atoms. The zero-order chi connectivity index (χ0) is 14.0. The van der Waals surface area contributed by atoms with Crippen molar-refractivity contribution in [3.8, 4) is 0 Å². The summed E-state index contributed by atoms with van der Waals surface area (Å²) in [6.07, 6.45) is 1.73. The van der Waals surface area contributed by atoms with Crippen LogP contribution in [0.25, 0.3) is 0 Å². The maximum atomic E-state index is 11.7. The molecule has 19 heavy (non-hydrogen) atoms. The number of anilines is 1. The number of halogens is 1. The summed E-state index contributed by atoms with van der Waals surface area (Å²) in [7, 11) is -3.57. The van der Waals surface area contributed by atoms with Gasteiger partial charge in [-0.25, -0.2) is 0 Å². The minimum absolute atomic E-state index is 0.0349. The molecule has 1 aromatic rings. The van der Waals surface area contributed by atoms with Gasteiger partial charge in [-0.15, -0.1) is 0 Å². The summed E-state index contributed by atoms with van der Waals surface area (Å²) < 4.78 is 28.9. The number of nitrogens with zero attached hydrogens (tertiary/aromatic N) is 1. The van der Waals surface area contributed by atoms with Gasteiger partial charge in [-0.3, -0.25) is 4.72 Å². The number of amidine groups is 1. The number of rotatable bonds is 5. The van der Waals surface area contributed by atoms with Crippen molar-refractivity contribution in [1.82, 2.24) is 4.72 Å². The molecule has 1 aliphatic carbocycles. The molecular weight excluding hydrogens is 336 g/mol. The normalized spacial score (nSPS) is 16.4. The molecule has 5 N–H and O–H groups in total. The van der Waals surface area contributed by atoms with Gasteiger partial charge in [0, 0.05) is 16.1 Å². The van der Waals surface area contributed by atoms with Gasteiger partial charge in [0.25, 0.3) is 10.2 Å². The molecule has 0 aliphatic heterocycles. The molecule has 0 heterocycles. The molecule has 0 radical (unpaired) electrons. The first-order chi connectivity index (χ1) is 8.91. The second kappa shape index (κ2) is 5.35. The van der Waals surface area contributed by atoms with E-state index in [4.69, 9.17) is 10.9 Å². The number of hydrogen-bond acceptors (Lipinski definition) is 4. The highest BCUT2D eigenvalue weighted by molar-refractivity contribution is 9.10. The van der Waals surface area contributed by atoms with Crippen LogP contribution >= 0.6 is 15.9 Å². The smallest absolute Gasteiger partial charge is 0.299 e. The number of nitrogens with two attached hydrogens (primary N) is 1. The third kappa shape index (κ3) is 3.82. The van der Waals surface area contributed by atoms with E-state index >= 15 is 0 Å². The van der Waals surface area contributed by atoms with Gasteiger partial charge in [-0.2, -0.15) is 13.1 Å². The SMILES string of the molecule is N/C(=N/O)c1ccc(NS(=O)(=O)NC2CC2)c(Br)c1. The molecule has 104 valence electrons. The first kappa shape index (κ1) is 14.1. The van der Waals surface area contributed by atoms with Crippen molar-refractivity contribution < 1.29 is 13.6 Å². The van der Waals surface area contributed by atoms with E-state index in [1.165, 1.54) is 6.07 Å². The Labute approximate surface area is 119 Å². The minimum Gasteiger partial charge on any atom is -0.409 e. The van der Waals surface area contributed by atoms with E-state index in [1.807, 2.05) is 0 Å². The Bertz CT molecular complexity index is 613. The predicted molar refractivity (Wildman–Crippen MR) is 75.4 cm³/mol. The molecule has 1 fully saturated rings. The standard InChI is InChI=1S/C10H13BrN4O3S/c11-8-5-6(10(12)13-16)1-4-9(8)15-19(17,18)14-7-2-3-7/h1,4-5,7,14-16H,2-3H2,(H2,12,13). The van der Waals surface area contributed by atoms with Crippen LogP contribution in [0, 0.1) is 0 Å². The van der Waals surface area contributed by atoms with E-state index < -0.39 is 10.2 Å². The monoisotopic (exact) mass is 348 g/mol. The second-order valence-electron chi connectivity index (χ2n) is 4.18. The van der Waals surface area contributed by atoms with Crippen LogP contribution in [-0.4, -0.2) is 25.5 Å². The van der Waals surface area contributed by atoms with Gasteiger partial charge < -0.3 is 10.9 Å². The van der Waals surface area contributed by atoms with E-state index in [0.29, 0.717) is 15.7 Å². The molecule has 0 bridgehead atoms. The quantitative estimate of drug-likeness (QED) is 0.274. The van der Waals surface area contributed by atoms with Gasteiger partial charge in [0.05, 0.1) is 5.69 Å². The molecule has 7 nitrogen and oxygen atoms in total. The van der Waals surface area contributed by atoms with E-state index in [1.54, 1.807) is 12.1 Å². The van der Waals surface area contributed by atoms with Crippen LogP contribution in [0.15, 0.2) is 27.8 Å². The lowest BCUT2D eigenvalue weighted by Gasteiger charge is -2.11. The molecular formula is C10H13BrN4O3S. The van der Waals surface area contributed by atoms with Crippen molar-refractivity contribution in [2.24, 2.45) is 10.9 Å². The van der Waals surface area contributed by atoms with Gasteiger partial charge in [0.2, 0.25) is 0 Å². The number of hydrogen-bond donors (Lipinski definition) is 4. The Balaban J connectivity index is 2.17. The molecule has 2 rings (SSSR count). The van der Waals surface area contributed by atoms with Crippen molar-refractivity contribution in [3.63, 3.8) is 0 Å². The van der Waals surface area contributed by atoms with E-state index in [-0.39, 0.29) is 11.9 Å². The summed E-state index contributed by atoms with van der Waals surface area (Å²) in [5, 5.41) is 11.4. The van der Waals surface area contributed by atoms with Crippen LogP contribution in [0.4, 0.5) is 5.69 Å². The second-order valence-corrected chi connectivity index (χ2v) is 6.48. The molecule has 0 unspecified atom stereocenters. The molecule has 0 atom stereocenters. The van der Waals surface area contributed by atoms with Crippen molar-refractivity contribution in [2.45, 2.75) is 18.9 Å². The highest BCUT2D eigenvalue weighted by Gasteiger charge is 2.27. The first-order valence-electron chi connectivity index (χ1n) is 5.49. The lowest BCUT2D eigenvalue weighted by atomic mass is 10.2. The van der Waals surface area contributed by atoms with Gasteiger partial charge in [0.15, 0.2) is 5.84 Å². The average Bonchev–Trinajstić information content (AvgIpc) is 3.13. The Morgan fingerprint density at radius 1 is 1.47 bits per heavy atom. The van der Waals surface area contributed by atoms with Crippen molar-refractivity contribution in [1.29, 1.82) is 0 Å². The Hall–Kier alpha value is -1.32. The maximum absolute atomic E-state index is 11.7. The zero-order valence-electron chi connectivity index (χ0n) is 9.80. The van der Waals surface area contributed by atoms with Crippen LogP contribution in [-0.2, 0) is 10.2 Å². The molecule has 9 heteroatoms. The third-order valence-electron chi connectivity index (χ3n) is 2.52. The van der Waals surface area contributed by atoms with E-state index in [2.05, 4.69) is 30.5 Å². The Morgan fingerprint density at radius 2 is 2.16 bits per heavy atom. The largest absolute Gasteiger partial charge is 0.409 e. The Kier molecular flexibility index (Phi) is 3.97. The molecule has 0 amide bonds. The Morgan fingerprint density at radius 3 is 2.68 bits per heavy atom. The first-order valence-corrected chi connectivity index (χ1v) is 7.76. The van der Waals surface area contributed by atoms with Crippen LogP contribution in [0.5, 0.6) is 0 Å².